The Labute approximate surface area is 199 Å². The van der Waals surface area contributed by atoms with Crippen LogP contribution in [0.15, 0.2) is 84.5 Å². The van der Waals surface area contributed by atoms with E-state index in [1.165, 1.54) is 0 Å². The Balaban J connectivity index is 0.00000272. The van der Waals surface area contributed by atoms with Gasteiger partial charge in [0.15, 0.2) is 5.96 Å². The fourth-order valence-corrected chi connectivity index (χ4v) is 3.38. The number of aromatic amines is 1. The summed E-state index contributed by atoms with van der Waals surface area (Å²) < 4.78 is 2.01. The third-order valence-electron chi connectivity index (χ3n) is 4.88. The summed E-state index contributed by atoms with van der Waals surface area (Å²) in [4.78, 5) is 18.5. The molecule has 0 aliphatic carbocycles. The minimum Gasteiger partial charge on any atom is -0.352 e. The third kappa shape index (κ3) is 5.52. The highest BCUT2D eigenvalue weighted by atomic mass is 127. The summed E-state index contributed by atoms with van der Waals surface area (Å²) in [5.74, 6) is 1.69. The molecule has 0 bridgehead atoms. The molecule has 0 atom stereocenters. The maximum absolute atomic E-state index is 4.53. The fourth-order valence-electron chi connectivity index (χ4n) is 3.38. The van der Waals surface area contributed by atoms with Crippen molar-refractivity contribution < 1.29 is 0 Å². The van der Waals surface area contributed by atoms with Gasteiger partial charge in [0, 0.05) is 33.0 Å². The second-order valence-electron chi connectivity index (χ2n) is 6.97. The van der Waals surface area contributed by atoms with Gasteiger partial charge in [-0.1, -0.05) is 48.5 Å². The molecule has 0 amide bonds. The Hall–Kier alpha value is -3.14. The predicted molar refractivity (Wildman–Crippen MR) is 135 cm³/mol. The monoisotopic (exact) mass is 527 g/mol. The number of nitrogens with one attached hydrogen (secondary N) is 2. The van der Waals surface area contributed by atoms with E-state index in [9.17, 15) is 0 Å². The molecule has 0 aliphatic heterocycles. The first kappa shape index (κ1) is 22.5. The highest BCUT2D eigenvalue weighted by molar-refractivity contribution is 14.0. The van der Waals surface area contributed by atoms with Gasteiger partial charge in [0.1, 0.15) is 5.82 Å². The average Bonchev–Trinajstić information content (AvgIpc) is 3.48. The lowest BCUT2D eigenvalue weighted by molar-refractivity contribution is 0.464. The maximum Gasteiger partial charge on any atom is 0.194 e. The fraction of sp³-hybridized carbons (Fsp3) is 0.174. The number of H-pyrrole nitrogens is 1. The van der Waals surface area contributed by atoms with Crippen LogP contribution >= 0.6 is 24.0 Å². The Bertz CT molecular complexity index is 1100. The zero-order valence-electron chi connectivity index (χ0n) is 17.6. The Morgan fingerprint density at radius 1 is 1.13 bits per heavy atom. The second kappa shape index (κ2) is 10.8. The minimum absolute atomic E-state index is 0. The molecule has 2 N–H and O–H groups in total. The van der Waals surface area contributed by atoms with Gasteiger partial charge >= 0.3 is 0 Å². The Morgan fingerprint density at radius 2 is 1.90 bits per heavy atom. The number of hydrogen-bond acceptors (Lipinski definition) is 3. The van der Waals surface area contributed by atoms with Gasteiger partial charge < -0.3 is 19.8 Å². The number of halogens is 1. The maximum atomic E-state index is 4.53. The van der Waals surface area contributed by atoms with E-state index >= 15 is 0 Å². The lowest BCUT2D eigenvalue weighted by atomic mass is 10.1. The van der Waals surface area contributed by atoms with Crippen LogP contribution < -0.4 is 5.32 Å². The molecule has 2 aromatic carbocycles. The standard InChI is InChI=1S/C23H25N7.HI/c1-24-23(27-14-19-10-6-7-11-21(19)30-13-12-25-17-30)29(2)16-22-26-15-20(28-22)18-8-4-3-5-9-18;/h3-13,15,17H,14,16H2,1-2H3,(H,24,27)(H,26,28);1H. The number of benzene rings is 2. The Kier molecular flexibility index (Phi) is 7.82. The van der Waals surface area contributed by atoms with Gasteiger partial charge in [-0.25, -0.2) is 9.97 Å². The van der Waals surface area contributed by atoms with Gasteiger partial charge in [-0.2, -0.15) is 0 Å². The van der Waals surface area contributed by atoms with E-state index in [0.717, 1.165) is 34.3 Å². The van der Waals surface area contributed by atoms with Gasteiger partial charge in [0.05, 0.1) is 30.5 Å². The Morgan fingerprint density at radius 3 is 2.65 bits per heavy atom. The molecule has 4 rings (SSSR count). The molecule has 2 aromatic heterocycles. The lowest BCUT2D eigenvalue weighted by Gasteiger charge is -2.21. The molecule has 0 spiro atoms. The molecular weight excluding hydrogens is 501 g/mol. The molecule has 8 heteroatoms. The van der Waals surface area contributed by atoms with Crippen molar-refractivity contribution in [3.8, 4) is 16.9 Å². The predicted octanol–water partition coefficient (Wildman–Crippen LogP) is 4.09. The van der Waals surface area contributed by atoms with Crippen LogP contribution in [0.3, 0.4) is 0 Å². The molecule has 7 nitrogen and oxygen atoms in total. The quantitative estimate of drug-likeness (QED) is 0.225. The largest absolute Gasteiger partial charge is 0.352 e. The van der Waals surface area contributed by atoms with Crippen LogP contribution in [0, 0.1) is 0 Å². The van der Waals surface area contributed by atoms with Gasteiger partial charge in [-0.05, 0) is 17.2 Å². The molecule has 2 heterocycles. The van der Waals surface area contributed by atoms with E-state index in [-0.39, 0.29) is 24.0 Å². The summed E-state index contributed by atoms with van der Waals surface area (Å²) in [6, 6.07) is 18.4. The highest BCUT2D eigenvalue weighted by Crippen LogP contribution is 2.17. The molecule has 4 aromatic rings. The van der Waals surface area contributed by atoms with Crippen molar-refractivity contribution in [1.29, 1.82) is 0 Å². The second-order valence-corrected chi connectivity index (χ2v) is 6.97. The van der Waals surface area contributed by atoms with Crippen LogP contribution in [0.1, 0.15) is 11.4 Å². The van der Waals surface area contributed by atoms with E-state index in [1.54, 1.807) is 19.6 Å². The van der Waals surface area contributed by atoms with Crippen molar-refractivity contribution in [3.05, 3.63) is 90.9 Å². The van der Waals surface area contributed by atoms with Gasteiger partial charge in [-0.3, -0.25) is 4.99 Å². The number of aromatic nitrogens is 4. The summed E-state index contributed by atoms with van der Waals surface area (Å²) in [5, 5.41) is 3.45. The first-order valence-corrected chi connectivity index (χ1v) is 9.82. The first-order chi connectivity index (χ1) is 14.7. The van der Waals surface area contributed by atoms with E-state index in [1.807, 2.05) is 59.2 Å². The molecule has 0 unspecified atom stereocenters. The normalized spacial score (nSPS) is 11.1. The number of nitrogens with zero attached hydrogens (tertiary/aromatic N) is 5. The van der Waals surface area contributed by atoms with Gasteiger partial charge in [-0.15, -0.1) is 24.0 Å². The summed E-state index contributed by atoms with van der Waals surface area (Å²) in [6.07, 6.45) is 7.40. The molecule has 0 saturated carbocycles. The molecule has 0 fully saturated rings. The smallest absolute Gasteiger partial charge is 0.194 e. The van der Waals surface area contributed by atoms with Crippen molar-refractivity contribution in [3.63, 3.8) is 0 Å². The van der Waals surface area contributed by atoms with Crippen molar-refractivity contribution in [1.82, 2.24) is 29.7 Å². The zero-order valence-corrected chi connectivity index (χ0v) is 19.9. The van der Waals surface area contributed by atoms with E-state index in [2.05, 4.69) is 49.5 Å². The summed E-state index contributed by atoms with van der Waals surface area (Å²) in [7, 11) is 3.79. The third-order valence-corrected chi connectivity index (χ3v) is 4.88. The summed E-state index contributed by atoms with van der Waals surface area (Å²) in [6.45, 7) is 1.27. The topological polar surface area (TPSA) is 74.1 Å². The average molecular weight is 527 g/mol. The molecular formula is C23H26IN7. The highest BCUT2D eigenvalue weighted by Gasteiger charge is 2.11. The number of guanidine groups is 1. The van der Waals surface area contributed by atoms with Crippen molar-refractivity contribution >= 4 is 29.9 Å². The molecule has 0 radical (unpaired) electrons. The van der Waals surface area contributed by atoms with E-state index < -0.39 is 0 Å². The van der Waals surface area contributed by atoms with Gasteiger partial charge in [0.2, 0.25) is 0 Å². The SMILES string of the molecule is CN=C(NCc1ccccc1-n1ccnc1)N(C)Cc1ncc(-c2ccccc2)[nH]1.I. The van der Waals surface area contributed by atoms with Crippen LogP contribution in [0.5, 0.6) is 0 Å². The van der Waals surface area contributed by atoms with Crippen LogP contribution in [-0.4, -0.2) is 44.5 Å². The summed E-state index contributed by atoms with van der Waals surface area (Å²) in [5.41, 5.74) is 4.39. The van der Waals surface area contributed by atoms with Crippen molar-refractivity contribution in [2.75, 3.05) is 14.1 Å². The minimum atomic E-state index is 0. The molecule has 31 heavy (non-hydrogen) atoms. The molecule has 160 valence electrons. The van der Waals surface area contributed by atoms with E-state index in [4.69, 9.17) is 0 Å². The summed E-state index contributed by atoms with van der Waals surface area (Å²) >= 11 is 0. The van der Waals surface area contributed by atoms with Gasteiger partial charge in [0.25, 0.3) is 0 Å². The zero-order chi connectivity index (χ0) is 20.8. The number of hydrogen-bond donors (Lipinski definition) is 2. The van der Waals surface area contributed by atoms with Crippen LogP contribution in [0.25, 0.3) is 16.9 Å². The number of imidazole rings is 2. The number of para-hydroxylation sites is 1. The molecule has 0 saturated heterocycles. The molecule has 0 aliphatic rings. The number of rotatable bonds is 6. The van der Waals surface area contributed by atoms with Crippen molar-refractivity contribution in [2.24, 2.45) is 4.99 Å². The van der Waals surface area contributed by atoms with Crippen molar-refractivity contribution in [2.45, 2.75) is 13.1 Å². The number of aliphatic imine (C=N–C) groups is 1. The van der Waals surface area contributed by atoms with Crippen LogP contribution in [0.4, 0.5) is 0 Å². The van der Waals surface area contributed by atoms with Crippen LogP contribution in [-0.2, 0) is 13.1 Å². The first-order valence-electron chi connectivity index (χ1n) is 9.82. The van der Waals surface area contributed by atoms with E-state index in [0.29, 0.717) is 13.1 Å². The lowest BCUT2D eigenvalue weighted by Crippen LogP contribution is -2.38. The van der Waals surface area contributed by atoms with Crippen LogP contribution in [0.2, 0.25) is 0 Å².